The van der Waals surface area contributed by atoms with Gasteiger partial charge in [0.25, 0.3) is 5.91 Å². The Balaban J connectivity index is 0.793. The number of anilines is 2. The number of ketones is 1. The lowest BCUT2D eigenvalue weighted by molar-refractivity contribution is -0.242. The molecule has 0 aliphatic carbocycles. The Bertz CT molecular complexity index is 2580. The van der Waals surface area contributed by atoms with Gasteiger partial charge in [0, 0.05) is 92.2 Å². The predicted molar refractivity (Wildman–Crippen MR) is 212 cm³/mol. The topological polar surface area (TPSA) is 161 Å². The van der Waals surface area contributed by atoms with Crippen molar-refractivity contribution in [2.24, 2.45) is 5.41 Å². The van der Waals surface area contributed by atoms with Crippen molar-refractivity contribution >= 4 is 44.3 Å². The van der Waals surface area contributed by atoms with Crippen molar-refractivity contribution in [2.75, 3.05) is 62.0 Å². The molecule has 2 aromatic heterocycles. The summed E-state index contributed by atoms with van der Waals surface area (Å²) in [5, 5.41) is 2.96. The van der Waals surface area contributed by atoms with Crippen LogP contribution < -0.4 is 20.6 Å². The number of H-pyrrole nitrogens is 1. The normalized spacial score (nSPS) is 20.6. The molecule has 3 aromatic carbocycles. The Kier molecular flexibility index (Phi) is 10.6. The summed E-state index contributed by atoms with van der Waals surface area (Å²) >= 11 is 0. The summed E-state index contributed by atoms with van der Waals surface area (Å²) < 4.78 is 87.7. The van der Waals surface area contributed by atoms with Crippen LogP contribution in [0.3, 0.4) is 0 Å². The lowest BCUT2D eigenvalue weighted by Crippen LogP contribution is -2.72. The van der Waals surface area contributed by atoms with E-state index in [1.807, 2.05) is 29.0 Å². The van der Waals surface area contributed by atoms with Crippen molar-refractivity contribution in [1.82, 2.24) is 30.1 Å². The van der Waals surface area contributed by atoms with E-state index in [0.717, 1.165) is 72.4 Å². The number of aromatic amines is 1. The molecule has 4 fully saturated rings. The molecule has 60 heavy (non-hydrogen) atoms. The molecular formula is C41H40F4N8O6S. The number of hydrogen-bond donors (Lipinski definition) is 4. The Morgan fingerprint density at radius 3 is 2.45 bits per heavy atom. The minimum atomic E-state index is -4.35. The van der Waals surface area contributed by atoms with Gasteiger partial charge in [-0.15, -0.1) is 0 Å². The lowest BCUT2D eigenvalue weighted by Gasteiger charge is -2.61. The van der Waals surface area contributed by atoms with Crippen molar-refractivity contribution in [3.05, 3.63) is 113 Å². The maximum Gasteiger partial charge on any atom is 0.301 e. The molecule has 2 atom stereocenters. The van der Waals surface area contributed by atoms with Gasteiger partial charge in [-0.25, -0.2) is 22.5 Å². The van der Waals surface area contributed by atoms with Gasteiger partial charge in [0.2, 0.25) is 5.78 Å². The smallest absolute Gasteiger partial charge is 0.301 e. The number of benzene rings is 3. The number of likely N-dealkylation sites (tertiary alicyclic amines) is 1. The molecular weight excluding hydrogens is 809 g/mol. The van der Waals surface area contributed by atoms with Crippen LogP contribution in [0.25, 0.3) is 22.2 Å². The van der Waals surface area contributed by atoms with E-state index in [-0.39, 0.29) is 29.5 Å². The molecule has 0 radical (unpaired) electrons. The van der Waals surface area contributed by atoms with Gasteiger partial charge in [-0.1, -0.05) is 29.9 Å². The third-order valence-corrected chi connectivity index (χ3v) is 13.0. The minimum absolute atomic E-state index is 0.000463. The number of halogens is 4. The van der Waals surface area contributed by atoms with Crippen LogP contribution in [-0.4, -0.2) is 104 Å². The molecule has 0 saturated carbocycles. The van der Waals surface area contributed by atoms with Crippen LogP contribution in [0, 0.1) is 22.9 Å². The van der Waals surface area contributed by atoms with Crippen LogP contribution in [-0.2, 0) is 26.3 Å². The highest BCUT2D eigenvalue weighted by atomic mass is 32.2. The van der Waals surface area contributed by atoms with Crippen molar-refractivity contribution in [3.8, 4) is 11.1 Å². The number of aromatic nitrogens is 2. The van der Waals surface area contributed by atoms with Crippen molar-refractivity contribution < 1.29 is 45.2 Å². The molecule has 1 amide bonds. The van der Waals surface area contributed by atoms with Crippen LogP contribution in [0.2, 0.25) is 0 Å². The van der Waals surface area contributed by atoms with E-state index in [1.54, 1.807) is 18.3 Å². The number of amides is 1. The second-order valence-electron chi connectivity index (χ2n) is 15.8. The van der Waals surface area contributed by atoms with Gasteiger partial charge in [0.05, 0.1) is 23.4 Å². The van der Waals surface area contributed by atoms with E-state index in [1.165, 1.54) is 18.3 Å². The zero-order valence-corrected chi connectivity index (χ0v) is 32.8. The predicted octanol–water partition coefficient (Wildman–Crippen LogP) is 4.86. The second kappa shape index (κ2) is 15.9. The standard InChI is InChI=1S/C41H40F4N8O6S/c42-27-10-13-53(19-27)60(56,57)49-34-8-7-32(43)36(37(34)45)38(54)31-18-47-39-30(31)15-26(17-46-39)25-3-1-24(2-4-25)9-12-51-20-41(21-51)22-52(23-41)28-5-6-29(33(44)16-28)40(55)48-35-11-14-58-50-59-35/h1-8,15-18,27,35,49-50H,9-14,19-23H2,(H,46,47)(H,48,55)/t27-,35+/m1/s1. The zero-order valence-electron chi connectivity index (χ0n) is 32.0. The quantitative estimate of drug-likeness (QED) is 0.101. The van der Waals surface area contributed by atoms with E-state index in [9.17, 15) is 26.8 Å². The highest BCUT2D eigenvalue weighted by molar-refractivity contribution is 7.90. The van der Waals surface area contributed by atoms with E-state index in [4.69, 9.17) is 9.68 Å². The van der Waals surface area contributed by atoms with Crippen LogP contribution >= 0.6 is 0 Å². The summed E-state index contributed by atoms with van der Waals surface area (Å²) in [6, 6.07) is 16.0. The Hall–Kier alpha value is -5.44. The fourth-order valence-corrected chi connectivity index (χ4v) is 9.63. The van der Waals surface area contributed by atoms with E-state index < -0.39 is 69.5 Å². The molecule has 4 aliphatic heterocycles. The molecule has 1 spiro atoms. The highest BCUT2D eigenvalue weighted by Gasteiger charge is 2.51. The molecule has 4 N–H and O–H groups in total. The third-order valence-electron chi connectivity index (χ3n) is 11.5. The average Bonchev–Trinajstić information content (AvgIpc) is 3.85. The van der Waals surface area contributed by atoms with Crippen LogP contribution in [0.4, 0.5) is 28.9 Å². The molecule has 19 heteroatoms. The second-order valence-corrected chi connectivity index (χ2v) is 17.4. The molecule has 314 valence electrons. The van der Waals surface area contributed by atoms with Gasteiger partial charge in [0.15, 0.2) is 12.0 Å². The molecule has 4 aliphatic rings. The molecule has 0 bridgehead atoms. The van der Waals surface area contributed by atoms with Crippen LogP contribution in [0.5, 0.6) is 0 Å². The molecule has 5 aromatic rings. The monoisotopic (exact) mass is 848 g/mol. The summed E-state index contributed by atoms with van der Waals surface area (Å²) in [5.41, 5.74) is 4.38. The highest BCUT2D eigenvalue weighted by Crippen LogP contribution is 2.42. The number of carbonyl (C=O) groups excluding carboxylic acids is 2. The van der Waals surface area contributed by atoms with Crippen molar-refractivity contribution in [1.29, 1.82) is 0 Å². The van der Waals surface area contributed by atoms with E-state index >= 15 is 8.78 Å². The maximum atomic E-state index is 15.7. The van der Waals surface area contributed by atoms with Crippen molar-refractivity contribution in [2.45, 2.75) is 31.7 Å². The number of nitrogens with one attached hydrogen (secondary N) is 4. The largest absolute Gasteiger partial charge is 0.370 e. The average molecular weight is 849 g/mol. The molecule has 0 unspecified atom stereocenters. The Morgan fingerprint density at radius 2 is 1.73 bits per heavy atom. The first-order valence-electron chi connectivity index (χ1n) is 19.5. The molecule has 14 nitrogen and oxygen atoms in total. The summed E-state index contributed by atoms with van der Waals surface area (Å²) in [4.78, 5) is 48.0. The van der Waals surface area contributed by atoms with Crippen LogP contribution in [0.1, 0.15) is 44.7 Å². The van der Waals surface area contributed by atoms with Gasteiger partial charge in [-0.05, 0) is 60.4 Å². The summed E-state index contributed by atoms with van der Waals surface area (Å²) in [5.74, 6) is -4.73. The molecule has 4 saturated heterocycles. The van der Waals surface area contributed by atoms with E-state index in [2.05, 4.69) is 30.7 Å². The van der Waals surface area contributed by atoms with Gasteiger partial charge in [-0.2, -0.15) is 12.7 Å². The van der Waals surface area contributed by atoms with Gasteiger partial charge >= 0.3 is 10.2 Å². The van der Waals surface area contributed by atoms with Crippen molar-refractivity contribution in [3.63, 3.8) is 0 Å². The first-order chi connectivity index (χ1) is 28.8. The van der Waals surface area contributed by atoms with Gasteiger partial charge in [-0.3, -0.25) is 24.0 Å². The van der Waals surface area contributed by atoms with Gasteiger partial charge in [0.1, 0.15) is 23.5 Å². The number of fused-ring (bicyclic) bond motifs is 1. The number of alkyl halides is 1. The number of rotatable bonds is 12. The zero-order chi connectivity index (χ0) is 41.8. The Labute approximate surface area is 341 Å². The fourth-order valence-electron chi connectivity index (χ4n) is 8.36. The molecule has 9 rings (SSSR count). The van der Waals surface area contributed by atoms with Crippen LogP contribution in [0.15, 0.2) is 73.1 Å². The fraction of sp³-hybridized carbons (Fsp3) is 0.341. The maximum absolute atomic E-state index is 15.7. The minimum Gasteiger partial charge on any atom is -0.370 e. The number of nitrogens with zero attached hydrogens (tertiary/aromatic N) is 4. The summed E-state index contributed by atoms with van der Waals surface area (Å²) in [6.07, 6.45) is 2.23. The first kappa shape index (κ1) is 40.0. The Morgan fingerprint density at radius 1 is 0.933 bits per heavy atom. The summed E-state index contributed by atoms with van der Waals surface area (Å²) in [7, 11) is -4.35. The van der Waals surface area contributed by atoms with E-state index in [0.29, 0.717) is 29.6 Å². The van der Waals surface area contributed by atoms with Gasteiger partial charge < -0.3 is 20.1 Å². The SMILES string of the molecule is O=C(N[C@@H]1CCONO1)c1ccc(N2CC3(CN(CCc4ccc(-c5cnc6[nH]cc(C(=O)c7c(F)ccc(NS(=O)(=O)N8CC[C@@H](F)C8)c7F)c6c5)cc4)C3)C2)cc1F. The first-order valence-corrected chi connectivity index (χ1v) is 20.9. The number of pyridine rings is 1. The summed E-state index contributed by atoms with van der Waals surface area (Å²) in [6.45, 7) is 4.20. The number of carbonyl (C=O) groups is 2. The lowest BCUT2D eigenvalue weighted by atomic mass is 9.72. The molecule has 6 heterocycles. The number of hydrogen-bond acceptors (Lipinski definition) is 10. The third kappa shape index (κ3) is 7.83.